The van der Waals surface area contributed by atoms with Crippen molar-refractivity contribution in [1.82, 2.24) is 10.6 Å². The molecule has 0 saturated carbocycles. The molecule has 1 aliphatic rings. The molecule has 98 valence electrons. The first kappa shape index (κ1) is 14.0. The van der Waals surface area contributed by atoms with Crippen LogP contribution in [0.15, 0.2) is 0 Å². The molecule has 1 aliphatic heterocycles. The fourth-order valence-electron chi connectivity index (χ4n) is 1.99. The second kappa shape index (κ2) is 7.27. The predicted molar refractivity (Wildman–Crippen MR) is 64.7 cm³/mol. The van der Waals surface area contributed by atoms with Crippen LogP contribution in [0.2, 0.25) is 0 Å². The summed E-state index contributed by atoms with van der Waals surface area (Å²) in [6, 6.07) is 0.327. The largest absolute Gasteiger partial charge is 0.481 e. The average Bonchev–Trinajstić information content (AvgIpc) is 2.76. The van der Waals surface area contributed by atoms with Crippen molar-refractivity contribution < 1.29 is 14.7 Å². The summed E-state index contributed by atoms with van der Waals surface area (Å²) in [5.74, 6) is -1.04. The van der Waals surface area contributed by atoms with Crippen molar-refractivity contribution in [2.75, 3.05) is 13.1 Å². The number of aliphatic carboxylic acids is 1. The summed E-state index contributed by atoms with van der Waals surface area (Å²) in [7, 11) is 0. The van der Waals surface area contributed by atoms with E-state index in [9.17, 15) is 9.59 Å². The van der Waals surface area contributed by atoms with Crippen molar-refractivity contribution >= 4 is 11.9 Å². The third-order valence-electron chi connectivity index (χ3n) is 3.15. The molecule has 0 aliphatic carbocycles. The van der Waals surface area contributed by atoms with Gasteiger partial charge in [0.05, 0.1) is 5.92 Å². The number of hydrogen-bond donors (Lipinski definition) is 3. The summed E-state index contributed by atoms with van der Waals surface area (Å²) < 4.78 is 0. The Morgan fingerprint density at radius 3 is 2.88 bits per heavy atom. The maximum Gasteiger partial charge on any atom is 0.306 e. The van der Waals surface area contributed by atoms with E-state index in [1.165, 1.54) is 0 Å². The standard InChI is InChI=1S/C12H22N2O3/c1-9(12(16)17)4-2-7-14-11(15)8-10-5-3-6-13-10/h9-10,13H,2-8H2,1H3,(H,14,15)(H,16,17). The van der Waals surface area contributed by atoms with E-state index in [4.69, 9.17) is 5.11 Å². The first-order valence-electron chi connectivity index (χ1n) is 6.32. The van der Waals surface area contributed by atoms with Crippen LogP contribution in [0.5, 0.6) is 0 Å². The second-order valence-corrected chi connectivity index (χ2v) is 4.73. The van der Waals surface area contributed by atoms with E-state index in [0.717, 1.165) is 25.8 Å². The summed E-state index contributed by atoms with van der Waals surface area (Å²) in [4.78, 5) is 22.1. The van der Waals surface area contributed by atoms with Gasteiger partial charge in [-0.05, 0) is 32.2 Å². The number of carbonyl (C=O) groups is 2. The normalized spacial score (nSPS) is 21.1. The molecule has 3 N–H and O–H groups in total. The van der Waals surface area contributed by atoms with Gasteiger partial charge in [-0.15, -0.1) is 0 Å². The summed E-state index contributed by atoms with van der Waals surface area (Å²) in [5, 5.41) is 14.8. The summed E-state index contributed by atoms with van der Waals surface area (Å²) in [6.45, 7) is 3.27. The Kier molecular flexibility index (Phi) is 5.97. The van der Waals surface area contributed by atoms with Crippen LogP contribution >= 0.6 is 0 Å². The zero-order valence-corrected chi connectivity index (χ0v) is 10.4. The molecule has 2 unspecified atom stereocenters. The van der Waals surface area contributed by atoms with Gasteiger partial charge in [0.15, 0.2) is 0 Å². The lowest BCUT2D eigenvalue weighted by molar-refractivity contribution is -0.141. The van der Waals surface area contributed by atoms with Gasteiger partial charge in [0.1, 0.15) is 0 Å². The fraction of sp³-hybridized carbons (Fsp3) is 0.833. The summed E-state index contributed by atoms with van der Waals surface area (Å²) >= 11 is 0. The fourth-order valence-corrected chi connectivity index (χ4v) is 1.99. The highest BCUT2D eigenvalue weighted by atomic mass is 16.4. The van der Waals surface area contributed by atoms with E-state index in [1.54, 1.807) is 6.92 Å². The van der Waals surface area contributed by atoms with Gasteiger partial charge in [-0.3, -0.25) is 9.59 Å². The number of amides is 1. The van der Waals surface area contributed by atoms with Crippen LogP contribution in [0, 0.1) is 5.92 Å². The minimum absolute atomic E-state index is 0.0624. The molecule has 0 aromatic rings. The number of carboxylic acids is 1. The van der Waals surface area contributed by atoms with Gasteiger partial charge >= 0.3 is 5.97 Å². The number of hydrogen-bond acceptors (Lipinski definition) is 3. The van der Waals surface area contributed by atoms with Crippen LogP contribution in [0.3, 0.4) is 0 Å². The van der Waals surface area contributed by atoms with Gasteiger partial charge in [0, 0.05) is 19.0 Å². The maximum atomic E-state index is 11.5. The molecule has 0 aromatic heterocycles. The van der Waals surface area contributed by atoms with Crippen molar-refractivity contribution in [3.63, 3.8) is 0 Å². The minimum Gasteiger partial charge on any atom is -0.481 e. The molecule has 5 heteroatoms. The van der Waals surface area contributed by atoms with Crippen LogP contribution < -0.4 is 10.6 Å². The molecule has 0 spiro atoms. The Bertz CT molecular complexity index is 262. The van der Waals surface area contributed by atoms with Crippen molar-refractivity contribution in [3.8, 4) is 0 Å². The predicted octanol–water partition coefficient (Wildman–Crippen LogP) is 0.746. The van der Waals surface area contributed by atoms with Gasteiger partial charge in [0.2, 0.25) is 5.91 Å². The topological polar surface area (TPSA) is 78.4 Å². The lowest BCUT2D eigenvalue weighted by Gasteiger charge is -2.11. The van der Waals surface area contributed by atoms with Crippen LogP contribution in [-0.4, -0.2) is 36.1 Å². The Balaban J connectivity index is 2.01. The molecule has 0 aromatic carbocycles. The van der Waals surface area contributed by atoms with Crippen molar-refractivity contribution in [2.45, 2.75) is 45.1 Å². The molecule has 2 atom stereocenters. The van der Waals surface area contributed by atoms with Crippen LogP contribution in [0.1, 0.15) is 39.0 Å². The quantitative estimate of drug-likeness (QED) is 0.576. The number of carboxylic acid groups (broad SMARTS) is 1. The second-order valence-electron chi connectivity index (χ2n) is 4.73. The summed E-state index contributed by atoms with van der Waals surface area (Å²) in [5.41, 5.74) is 0. The van der Waals surface area contributed by atoms with Gasteiger partial charge < -0.3 is 15.7 Å². The van der Waals surface area contributed by atoms with Crippen LogP contribution in [0.25, 0.3) is 0 Å². The molecular weight excluding hydrogens is 220 g/mol. The minimum atomic E-state index is -0.772. The van der Waals surface area contributed by atoms with Crippen molar-refractivity contribution in [3.05, 3.63) is 0 Å². The SMILES string of the molecule is CC(CCCNC(=O)CC1CCCN1)C(=O)O. The lowest BCUT2D eigenvalue weighted by atomic mass is 10.1. The molecule has 1 fully saturated rings. The number of nitrogens with one attached hydrogen (secondary N) is 2. The zero-order chi connectivity index (χ0) is 12.7. The molecule has 1 amide bonds. The number of rotatable bonds is 7. The molecule has 1 rings (SSSR count). The zero-order valence-electron chi connectivity index (χ0n) is 10.4. The Morgan fingerprint density at radius 1 is 1.53 bits per heavy atom. The molecule has 0 bridgehead atoms. The number of carbonyl (C=O) groups excluding carboxylic acids is 1. The van der Waals surface area contributed by atoms with Gasteiger partial charge in [-0.2, -0.15) is 0 Å². The van der Waals surface area contributed by atoms with Crippen molar-refractivity contribution in [2.24, 2.45) is 5.92 Å². The van der Waals surface area contributed by atoms with E-state index in [0.29, 0.717) is 25.4 Å². The van der Waals surface area contributed by atoms with Crippen LogP contribution in [-0.2, 0) is 9.59 Å². The van der Waals surface area contributed by atoms with E-state index >= 15 is 0 Å². The lowest BCUT2D eigenvalue weighted by Crippen LogP contribution is -2.32. The first-order chi connectivity index (χ1) is 8.09. The third kappa shape index (κ3) is 5.68. The summed E-state index contributed by atoms with van der Waals surface area (Å²) in [6.07, 6.45) is 4.08. The Morgan fingerprint density at radius 2 is 2.29 bits per heavy atom. The first-order valence-corrected chi connectivity index (χ1v) is 6.32. The van der Waals surface area contributed by atoms with Crippen LogP contribution in [0.4, 0.5) is 0 Å². The van der Waals surface area contributed by atoms with Gasteiger partial charge in [-0.25, -0.2) is 0 Å². The van der Waals surface area contributed by atoms with E-state index in [1.807, 2.05) is 0 Å². The van der Waals surface area contributed by atoms with E-state index in [-0.39, 0.29) is 11.8 Å². The highest BCUT2D eigenvalue weighted by molar-refractivity contribution is 5.76. The Hall–Kier alpha value is -1.10. The van der Waals surface area contributed by atoms with E-state index < -0.39 is 5.97 Å². The smallest absolute Gasteiger partial charge is 0.306 e. The molecule has 17 heavy (non-hydrogen) atoms. The van der Waals surface area contributed by atoms with E-state index in [2.05, 4.69) is 10.6 Å². The molecule has 0 radical (unpaired) electrons. The molecule has 5 nitrogen and oxygen atoms in total. The molecule has 1 saturated heterocycles. The molecule has 1 heterocycles. The average molecular weight is 242 g/mol. The molecular formula is C12H22N2O3. The van der Waals surface area contributed by atoms with Gasteiger partial charge in [0.25, 0.3) is 0 Å². The maximum absolute atomic E-state index is 11.5. The Labute approximate surface area is 102 Å². The monoisotopic (exact) mass is 242 g/mol. The van der Waals surface area contributed by atoms with Crippen molar-refractivity contribution in [1.29, 1.82) is 0 Å². The third-order valence-corrected chi connectivity index (χ3v) is 3.15. The van der Waals surface area contributed by atoms with Gasteiger partial charge in [-0.1, -0.05) is 6.92 Å². The highest BCUT2D eigenvalue weighted by Crippen LogP contribution is 2.08. The highest BCUT2D eigenvalue weighted by Gasteiger charge is 2.17.